The van der Waals surface area contributed by atoms with Crippen LogP contribution in [0.4, 0.5) is 18.9 Å². The first-order valence-corrected chi connectivity index (χ1v) is 11.8. The van der Waals surface area contributed by atoms with Crippen molar-refractivity contribution in [2.45, 2.75) is 18.3 Å². The number of aromatic nitrogens is 3. The van der Waals surface area contributed by atoms with Gasteiger partial charge in [0.15, 0.2) is 0 Å². The van der Waals surface area contributed by atoms with E-state index in [-0.39, 0.29) is 0 Å². The maximum Gasteiger partial charge on any atom is 0.416 e. The van der Waals surface area contributed by atoms with Crippen LogP contribution >= 0.6 is 0 Å². The van der Waals surface area contributed by atoms with Gasteiger partial charge in [-0.2, -0.15) is 13.2 Å². The Balaban J connectivity index is 1.64. The van der Waals surface area contributed by atoms with E-state index in [0.29, 0.717) is 23.0 Å². The van der Waals surface area contributed by atoms with Gasteiger partial charge in [0.2, 0.25) is 0 Å². The first-order valence-electron chi connectivity index (χ1n) is 11.8. The minimum Gasteiger partial charge on any atom is -0.497 e. The van der Waals surface area contributed by atoms with Crippen molar-refractivity contribution in [2.75, 3.05) is 19.1 Å². The van der Waals surface area contributed by atoms with E-state index in [1.165, 1.54) is 6.07 Å². The Morgan fingerprint density at radius 1 is 0.842 bits per heavy atom. The number of halogens is 3. The number of hydrogen-bond donors (Lipinski definition) is 0. The van der Waals surface area contributed by atoms with Crippen LogP contribution in [0.25, 0.3) is 11.3 Å². The van der Waals surface area contributed by atoms with Crippen molar-refractivity contribution in [1.29, 1.82) is 0 Å². The molecule has 2 aliphatic heterocycles. The predicted molar refractivity (Wildman–Crippen MR) is 137 cm³/mol. The van der Waals surface area contributed by atoms with Crippen molar-refractivity contribution in [2.24, 2.45) is 4.99 Å². The van der Waals surface area contributed by atoms with Gasteiger partial charge in [-0.1, -0.05) is 18.2 Å². The van der Waals surface area contributed by atoms with Crippen molar-refractivity contribution in [3.05, 3.63) is 102 Å². The highest BCUT2D eigenvalue weighted by atomic mass is 19.4. The van der Waals surface area contributed by atoms with Gasteiger partial charge in [-0.05, 0) is 71.3 Å². The summed E-state index contributed by atoms with van der Waals surface area (Å²) >= 11 is 0. The van der Waals surface area contributed by atoms with Crippen LogP contribution in [0.3, 0.4) is 0 Å². The lowest BCUT2D eigenvalue weighted by atomic mass is 9.89. The molecule has 192 valence electrons. The second-order valence-electron chi connectivity index (χ2n) is 8.89. The Bertz CT molecular complexity index is 1540. The smallest absolute Gasteiger partial charge is 0.416 e. The van der Waals surface area contributed by atoms with Gasteiger partial charge in [-0.15, -0.1) is 10.2 Å². The van der Waals surface area contributed by atoms with Gasteiger partial charge in [-0.3, -0.25) is 4.57 Å². The molecule has 0 amide bonds. The third-order valence-corrected chi connectivity index (χ3v) is 6.81. The first-order chi connectivity index (χ1) is 18.4. The quantitative estimate of drug-likeness (QED) is 0.340. The normalized spacial score (nSPS) is 18.4. The topological polar surface area (TPSA) is 64.8 Å². The van der Waals surface area contributed by atoms with Gasteiger partial charge >= 0.3 is 6.18 Å². The highest BCUT2D eigenvalue weighted by molar-refractivity contribution is 6.04. The number of benzene rings is 3. The summed E-state index contributed by atoms with van der Waals surface area (Å²) < 4.78 is 53.7. The van der Waals surface area contributed by atoms with Crippen molar-refractivity contribution in [3.8, 4) is 11.5 Å². The zero-order valence-electron chi connectivity index (χ0n) is 20.4. The Labute approximate surface area is 216 Å². The lowest BCUT2D eigenvalue weighted by molar-refractivity contribution is -0.137. The van der Waals surface area contributed by atoms with Gasteiger partial charge in [-0.25, -0.2) is 4.99 Å². The van der Waals surface area contributed by atoms with Gasteiger partial charge in [0.05, 0.1) is 37.7 Å². The average molecular weight is 518 g/mol. The SMILES string of the molecule is COc1ccc(C2=C(c3ccc(OC)cc3)N(c3cccc(C(F)(F)F)c3)C3N=Cn4cnnc4C23)cc1. The molecule has 0 radical (unpaired) electrons. The van der Waals surface area contributed by atoms with Gasteiger partial charge < -0.3 is 14.4 Å². The number of hydrogen-bond acceptors (Lipinski definition) is 6. The van der Waals surface area contributed by atoms with Crippen molar-refractivity contribution >= 4 is 23.3 Å². The summed E-state index contributed by atoms with van der Waals surface area (Å²) in [7, 11) is 3.17. The zero-order valence-corrected chi connectivity index (χ0v) is 20.4. The summed E-state index contributed by atoms with van der Waals surface area (Å²) in [4.78, 5) is 6.64. The third kappa shape index (κ3) is 3.89. The monoisotopic (exact) mass is 517 g/mol. The Kier molecular flexibility index (Phi) is 5.67. The Morgan fingerprint density at radius 3 is 2.13 bits per heavy atom. The van der Waals surface area contributed by atoms with E-state index < -0.39 is 23.8 Å². The maximum absolute atomic E-state index is 13.8. The van der Waals surface area contributed by atoms with E-state index in [9.17, 15) is 13.2 Å². The molecule has 7 nitrogen and oxygen atoms in total. The van der Waals surface area contributed by atoms with E-state index in [1.54, 1.807) is 37.5 Å². The molecule has 2 aliphatic rings. The van der Waals surface area contributed by atoms with E-state index >= 15 is 0 Å². The summed E-state index contributed by atoms with van der Waals surface area (Å²) in [5.41, 5.74) is 2.89. The number of aliphatic imine (C=N–C) groups is 1. The van der Waals surface area contributed by atoms with Gasteiger partial charge in [0, 0.05) is 5.69 Å². The molecule has 3 heterocycles. The standard InChI is InChI=1S/C28H22F3N5O2/c1-37-21-10-6-17(7-11-21)23-24-26(32-15-35-16-33-34-27(24)35)36(20-5-3-4-19(14-20)28(29,30)31)25(23)18-8-12-22(38-2)13-9-18/h3-16,24,26H,1-2H3. The zero-order chi connectivity index (χ0) is 26.4. The fraction of sp³-hybridized carbons (Fsp3) is 0.179. The van der Waals surface area contributed by atoms with Crippen LogP contribution in [0.2, 0.25) is 0 Å². The molecular weight excluding hydrogens is 495 g/mol. The molecule has 0 saturated heterocycles. The molecule has 0 fully saturated rings. The van der Waals surface area contributed by atoms with Crippen LogP contribution in [-0.2, 0) is 6.18 Å². The fourth-order valence-corrected chi connectivity index (χ4v) is 5.07. The van der Waals surface area contributed by atoms with Gasteiger partial charge in [0.25, 0.3) is 0 Å². The molecule has 0 bridgehead atoms. The molecule has 0 spiro atoms. The number of anilines is 1. The van der Waals surface area contributed by atoms with E-state index in [4.69, 9.17) is 14.5 Å². The predicted octanol–water partition coefficient (Wildman–Crippen LogP) is 5.70. The molecule has 38 heavy (non-hydrogen) atoms. The van der Waals surface area contributed by atoms with E-state index in [2.05, 4.69) is 10.2 Å². The lowest BCUT2D eigenvalue weighted by Crippen LogP contribution is -2.35. The van der Waals surface area contributed by atoms with Crippen LogP contribution < -0.4 is 14.4 Å². The van der Waals surface area contributed by atoms with Crippen LogP contribution in [0.15, 0.2) is 84.1 Å². The number of alkyl halides is 3. The molecule has 1 aromatic heterocycles. The summed E-state index contributed by atoms with van der Waals surface area (Å²) in [5.74, 6) is 1.60. The summed E-state index contributed by atoms with van der Waals surface area (Å²) in [6, 6.07) is 20.3. The fourth-order valence-electron chi connectivity index (χ4n) is 5.07. The minimum absolute atomic E-state index is 0.370. The number of methoxy groups -OCH3 is 2. The highest BCUT2D eigenvalue weighted by Gasteiger charge is 2.47. The summed E-state index contributed by atoms with van der Waals surface area (Å²) in [6.07, 6.45) is -1.89. The molecular formula is C28H22F3N5O2. The second kappa shape index (κ2) is 9.05. The van der Waals surface area contributed by atoms with E-state index in [1.807, 2.05) is 53.4 Å². The molecule has 0 aliphatic carbocycles. The Hall–Kier alpha value is -4.60. The number of rotatable bonds is 5. The van der Waals surface area contributed by atoms with Crippen molar-refractivity contribution in [1.82, 2.24) is 14.8 Å². The molecule has 4 aromatic rings. The lowest BCUT2D eigenvalue weighted by Gasteiger charge is -2.31. The summed E-state index contributed by atoms with van der Waals surface area (Å²) in [5, 5.41) is 8.47. The number of ether oxygens (including phenoxy) is 2. The van der Waals surface area contributed by atoms with Crippen molar-refractivity contribution < 1.29 is 22.6 Å². The molecule has 0 N–H and O–H groups in total. The maximum atomic E-state index is 13.8. The van der Waals surface area contributed by atoms with Crippen LogP contribution in [-0.4, -0.2) is 41.5 Å². The third-order valence-electron chi connectivity index (χ3n) is 6.81. The number of nitrogens with zero attached hydrogens (tertiary/aromatic N) is 5. The molecule has 10 heteroatoms. The molecule has 2 unspecified atom stereocenters. The largest absolute Gasteiger partial charge is 0.497 e. The van der Waals surface area contributed by atoms with E-state index in [0.717, 1.165) is 34.5 Å². The first kappa shape index (κ1) is 23.8. The number of fused-ring (bicyclic) bond motifs is 3. The second-order valence-corrected chi connectivity index (χ2v) is 8.89. The van der Waals surface area contributed by atoms with Crippen LogP contribution in [0.5, 0.6) is 11.5 Å². The van der Waals surface area contributed by atoms with Crippen LogP contribution in [0, 0.1) is 0 Å². The molecule has 3 aromatic carbocycles. The minimum atomic E-state index is -4.49. The average Bonchev–Trinajstić information content (AvgIpc) is 3.55. The molecule has 2 atom stereocenters. The molecule has 0 saturated carbocycles. The summed E-state index contributed by atoms with van der Waals surface area (Å²) in [6.45, 7) is 0. The molecule has 6 rings (SSSR count). The Morgan fingerprint density at radius 2 is 1.50 bits per heavy atom. The van der Waals surface area contributed by atoms with Gasteiger partial charge in [0.1, 0.15) is 29.8 Å². The van der Waals surface area contributed by atoms with Crippen molar-refractivity contribution in [3.63, 3.8) is 0 Å². The highest BCUT2D eigenvalue weighted by Crippen LogP contribution is 2.52. The van der Waals surface area contributed by atoms with Crippen LogP contribution in [0.1, 0.15) is 28.4 Å².